The molecule has 0 fully saturated rings. The quantitative estimate of drug-likeness (QED) is 0.688. The van der Waals surface area contributed by atoms with Crippen molar-refractivity contribution in [2.75, 3.05) is 0 Å². The highest BCUT2D eigenvalue weighted by Gasteiger charge is 2.37. The van der Waals surface area contributed by atoms with Gasteiger partial charge in [-0.2, -0.15) is 13.2 Å². The molecule has 0 amide bonds. The van der Waals surface area contributed by atoms with Crippen LogP contribution >= 0.6 is 11.6 Å². The Morgan fingerprint density at radius 3 is 2.16 bits per heavy atom. The van der Waals surface area contributed by atoms with E-state index in [9.17, 15) is 26.3 Å². The van der Waals surface area contributed by atoms with Crippen molar-refractivity contribution < 1.29 is 36.2 Å². The lowest BCUT2D eigenvalue weighted by molar-refractivity contribution is -0.276. The third-order valence-corrected chi connectivity index (χ3v) is 2.24. The topological polar surface area (TPSA) is 42.4 Å². The third-order valence-electron chi connectivity index (χ3n) is 1.95. The molecule has 19 heavy (non-hydrogen) atoms. The van der Waals surface area contributed by atoms with Crippen LogP contribution in [0.5, 0.6) is 5.88 Å². The first-order chi connectivity index (χ1) is 8.58. The number of rotatable bonds is 3. The number of ether oxygens (including phenoxy) is 1. The van der Waals surface area contributed by atoms with Crippen LogP contribution in [-0.2, 0) is 18.7 Å². The van der Waals surface area contributed by atoms with E-state index in [1.54, 1.807) is 0 Å². The largest absolute Gasteiger partial charge is 0.574 e. The second kappa shape index (κ2) is 5.41. The number of hydrogen-bond donors (Lipinski definition) is 1. The molecule has 0 radical (unpaired) electrons. The molecule has 108 valence electrons. The summed E-state index contributed by atoms with van der Waals surface area (Å²) < 4.78 is 77.3. The van der Waals surface area contributed by atoms with Gasteiger partial charge in [0.1, 0.15) is 0 Å². The molecule has 0 aliphatic heterocycles. The fourth-order valence-corrected chi connectivity index (χ4v) is 1.43. The van der Waals surface area contributed by atoms with Crippen molar-refractivity contribution in [3.8, 4) is 5.88 Å². The molecule has 0 unspecified atom stereocenters. The molecule has 10 heteroatoms. The summed E-state index contributed by atoms with van der Waals surface area (Å²) in [7, 11) is 0. The van der Waals surface area contributed by atoms with Gasteiger partial charge in [-0.25, -0.2) is 4.98 Å². The van der Waals surface area contributed by atoms with Crippen LogP contribution in [0.2, 0.25) is 0 Å². The van der Waals surface area contributed by atoms with Crippen molar-refractivity contribution in [3.05, 3.63) is 22.9 Å². The van der Waals surface area contributed by atoms with Gasteiger partial charge in [-0.3, -0.25) is 0 Å². The molecule has 1 N–H and O–H groups in total. The molecule has 0 saturated carbocycles. The van der Waals surface area contributed by atoms with E-state index in [4.69, 9.17) is 16.7 Å². The molecular weight excluding hydrogens is 304 g/mol. The summed E-state index contributed by atoms with van der Waals surface area (Å²) in [6.07, 6.45) is -10.00. The third kappa shape index (κ3) is 4.13. The average molecular weight is 310 g/mol. The standard InChI is InChI=1S/C9H6ClF6NO2/c10-2-4-1-5(8(11,12)13)6(3-18)17-7(4)19-9(14,15)16/h1,18H,2-3H2. The first-order valence-electron chi connectivity index (χ1n) is 4.61. The normalized spacial score (nSPS) is 12.6. The lowest BCUT2D eigenvalue weighted by Crippen LogP contribution is -2.21. The summed E-state index contributed by atoms with van der Waals surface area (Å²) in [5.74, 6) is -1.77. The second-order valence-electron chi connectivity index (χ2n) is 3.28. The van der Waals surface area contributed by atoms with Gasteiger partial charge in [0.2, 0.25) is 5.88 Å². The van der Waals surface area contributed by atoms with Gasteiger partial charge in [0.15, 0.2) is 0 Å². The minimum absolute atomic E-state index is 0.368. The van der Waals surface area contributed by atoms with Crippen molar-refractivity contribution >= 4 is 11.6 Å². The summed E-state index contributed by atoms with van der Waals surface area (Å²) >= 11 is 5.26. The monoisotopic (exact) mass is 309 g/mol. The molecule has 0 atom stereocenters. The number of alkyl halides is 7. The van der Waals surface area contributed by atoms with Crippen LogP contribution in [0.3, 0.4) is 0 Å². The second-order valence-corrected chi connectivity index (χ2v) is 3.55. The minimum Gasteiger partial charge on any atom is -0.390 e. The maximum absolute atomic E-state index is 12.6. The first kappa shape index (κ1) is 15.8. The van der Waals surface area contributed by atoms with Crippen molar-refractivity contribution in [2.24, 2.45) is 0 Å². The summed E-state index contributed by atoms with van der Waals surface area (Å²) in [6.45, 7) is -1.19. The van der Waals surface area contributed by atoms with E-state index in [1.807, 2.05) is 0 Å². The van der Waals surface area contributed by atoms with Crippen molar-refractivity contribution in [1.29, 1.82) is 0 Å². The SMILES string of the molecule is OCc1nc(OC(F)(F)F)c(CCl)cc1C(F)(F)F. The predicted molar refractivity (Wildman–Crippen MR) is 51.4 cm³/mol. The van der Waals surface area contributed by atoms with E-state index < -0.39 is 47.7 Å². The van der Waals surface area contributed by atoms with Crippen molar-refractivity contribution in [2.45, 2.75) is 25.0 Å². The molecule has 1 heterocycles. The van der Waals surface area contributed by atoms with Gasteiger partial charge in [0, 0.05) is 5.56 Å². The van der Waals surface area contributed by atoms with Crippen LogP contribution in [0.4, 0.5) is 26.3 Å². The Kier molecular flexibility index (Phi) is 4.51. The molecule has 1 rings (SSSR count). The van der Waals surface area contributed by atoms with Crippen LogP contribution < -0.4 is 4.74 Å². The maximum Gasteiger partial charge on any atom is 0.574 e. The number of pyridine rings is 1. The molecule has 0 aromatic carbocycles. The van der Waals surface area contributed by atoms with E-state index in [2.05, 4.69) is 9.72 Å². The van der Waals surface area contributed by atoms with Gasteiger partial charge in [0.25, 0.3) is 0 Å². The molecule has 3 nitrogen and oxygen atoms in total. The summed E-state index contributed by atoms with van der Waals surface area (Å²) in [6, 6.07) is 0.368. The molecule has 1 aromatic rings. The van der Waals surface area contributed by atoms with Crippen LogP contribution in [-0.4, -0.2) is 16.5 Å². The summed E-state index contributed by atoms with van der Waals surface area (Å²) in [4.78, 5) is 3.02. The van der Waals surface area contributed by atoms with Crippen LogP contribution in [0.25, 0.3) is 0 Å². The number of aromatic nitrogens is 1. The maximum atomic E-state index is 12.6. The Labute approximate surface area is 107 Å². The highest BCUT2D eigenvalue weighted by Crippen LogP contribution is 2.36. The van der Waals surface area contributed by atoms with Gasteiger partial charge in [0.05, 0.1) is 23.7 Å². The summed E-state index contributed by atoms with van der Waals surface area (Å²) in [5, 5.41) is 8.74. The smallest absolute Gasteiger partial charge is 0.390 e. The number of halogens is 7. The van der Waals surface area contributed by atoms with Crippen LogP contribution in [0, 0.1) is 0 Å². The van der Waals surface area contributed by atoms with Crippen LogP contribution in [0.15, 0.2) is 6.07 Å². The van der Waals surface area contributed by atoms with E-state index in [-0.39, 0.29) is 0 Å². The molecular formula is C9H6ClF6NO2. The number of aliphatic hydroxyl groups is 1. The highest BCUT2D eigenvalue weighted by atomic mass is 35.5. The van der Waals surface area contributed by atoms with Gasteiger partial charge in [-0.15, -0.1) is 24.8 Å². The lowest BCUT2D eigenvalue weighted by atomic mass is 10.1. The number of nitrogens with zero attached hydrogens (tertiary/aromatic N) is 1. The van der Waals surface area contributed by atoms with E-state index >= 15 is 0 Å². The zero-order valence-corrected chi connectivity index (χ0v) is 9.70. The molecule has 0 aliphatic rings. The first-order valence-corrected chi connectivity index (χ1v) is 5.14. The van der Waals surface area contributed by atoms with E-state index in [0.29, 0.717) is 6.07 Å². The van der Waals surface area contributed by atoms with Gasteiger partial charge >= 0.3 is 12.5 Å². The van der Waals surface area contributed by atoms with Gasteiger partial charge in [-0.1, -0.05) is 0 Å². The lowest BCUT2D eigenvalue weighted by Gasteiger charge is -2.16. The Morgan fingerprint density at radius 1 is 1.21 bits per heavy atom. The van der Waals surface area contributed by atoms with Gasteiger partial charge in [-0.05, 0) is 6.07 Å². The van der Waals surface area contributed by atoms with Gasteiger partial charge < -0.3 is 9.84 Å². The average Bonchev–Trinajstić information content (AvgIpc) is 2.24. The molecule has 1 aromatic heterocycles. The summed E-state index contributed by atoms with van der Waals surface area (Å²) in [5.41, 5.74) is -2.91. The molecule has 0 aliphatic carbocycles. The zero-order valence-electron chi connectivity index (χ0n) is 8.94. The minimum atomic E-state index is -5.12. The number of aliphatic hydroxyl groups excluding tert-OH is 1. The Morgan fingerprint density at radius 2 is 1.79 bits per heavy atom. The highest BCUT2D eigenvalue weighted by molar-refractivity contribution is 6.17. The fraction of sp³-hybridized carbons (Fsp3) is 0.444. The van der Waals surface area contributed by atoms with Crippen molar-refractivity contribution in [3.63, 3.8) is 0 Å². The Hall–Kier alpha value is -1.22. The Bertz CT molecular complexity index is 459. The predicted octanol–water partition coefficient (Wildman–Crippen LogP) is 3.23. The van der Waals surface area contributed by atoms with E-state index in [0.717, 1.165) is 0 Å². The Balaban J connectivity index is 3.36. The molecule has 0 saturated heterocycles. The molecule has 0 spiro atoms. The fourth-order valence-electron chi connectivity index (χ4n) is 1.23. The zero-order chi connectivity index (χ0) is 14.8. The molecule has 0 bridgehead atoms. The van der Waals surface area contributed by atoms with E-state index in [1.165, 1.54) is 0 Å². The van der Waals surface area contributed by atoms with Crippen molar-refractivity contribution in [1.82, 2.24) is 4.98 Å². The van der Waals surface area contributed by atoms with Crippen LogP contribution in [0.1, 0.15) is 16.8 Å². The number of hydrogen-bond acceptors (Lipinski definition) is 3.